The highest BCUT2D eigenvalue weighted by Crippen LogP contribution is 2.30. The molecule has 4 heteroatoms. The van der Waals surface area contributed by atoms with E-state index < -0.39 is 11.9 Å². The van der Waals surface area contributed by atoms with Crippen LogP contribution < -0.4 is 0 Å². The van der Waals surface area contributed by atoms with E-state index in [1.807, 2.05) is 24.3 Å². The summed E-state index contributed by atoms with van der Waals surface area (Å²) in [6.07, 6.45) is 2.18. The Morgan fingerprint density at radius 3 is 2.74 bits per heavy atom. The highest BCUT2D eigenvalue weighted by atomic mass is 16.5. The number of methoxy groups -OCH3 is 1. The van der Waals surface area contributed by atoms with Gasteiger partial charge < -0.3 is 9.47 Å². The minimum atomic E-state index is -0.581. The molecule has 19 heavy (non-hydrogen) atoms. The van der Waals surface area contributed by atoms with Crippen LogP contribution in [0.25, 0.3) is 6.08 Å². The van der Waals surface area contributed by atoms with Crippen molar-refractivity contribution in [1.82, 2.24) is 0 Å². The maximum absolute atomic E-state index is 12.0. The van der Waals surface area contributed by atoms with Crippen molar-refractivity contribution in [2.75, 3.05) is 13.7 Å². The average Bonchev–Trinajstić information content (AvgIpc) is 2.45. The molecule has 1 aliphatic rings. The van der Waals surface area contributed by atoms with Crippen molar-refractivity contribution >= 4 is 18.0 Å². The lowest BCUT2D eigenvalue weighted by atomic mass is 9.83. The van der Waals surface area contributed by atoms with E-state index in [1.54, 1.807) is 13.0 Å². The van der Waals surface area contributed by atoms with Gasteiger partial charge in [0, 0.05) is 0 Å². The highest BCUT2D eigenvalue weighted by Gasteiger charge is 2.33. The van der Waals surface area contributed by atoms with Crippen molar-refractivity contribution in [3.8, 4) is 0 Å². The summed E-state index contributed by atoms with van der Waals surface area (Å²) in [6.45, 7) is 2.04. The molecule has 0 bridgehead atoms. The summed E-state index contributed by atoms with van der Waals surface area (Å²) in [6, 6.07) is 7.68. The normalized spacial score (nSPS) is 17.2. The fourth-order valence-corrected chi connectivity index (χ4v) is 2.23. The van der Waals surface area contributed by atoms with Crippen LogP contribution >= 0.6 is 0 Å². The van der Waals surface area contributed by atoms with E-state index in [1.165, 1.54) is 7.11 Å². The second-order valence-corrected chi connectivity index (χ2v) is 4.30. The minimum absolute atomic E-state index is 0.297. The SMILES string of the molecule is CCOC(=O)C1Cc2ccccc2C=C1C(=O)OC. The fourth-order valence-electron chi connectivity index (χ4n) is 2.23. The number of hydrogen-bond acceptors (Lipinski definition) is 4. The Hall–Kier alpha value is -2.10. The fraction of sp³-hybridized carbons (Fsp3) is 0.333. The van der Waals surface area contributed by atoms with Gasteiger partial charge in [0.2, 0.25) is 0 Å². The van der Waals surface area contributed by atoms with Crippen LogP contribution in [0.4, 0.5) is 0 Å². The molecule has 0 amide bonds. The first-order chi connectivity index (χ1) is 9.17. The lowest BCUT2D eigenvalue weighted by molar-refractivity contribution is -0.149. The predicted octanol–water partition coefficient (Wildman–Crippen LogP) is 1.98. The molecule has 0 radical (unpaired) electrons. The zero-order valence-corrected chi connectivity index (χ0v) is 11.0. The molecular weight excluding hydrogens is 244 g/mol. The standard InChI is InChI=1S/C15H16O4/c1-3-19-15(17)13-9-11-7-5-4-6-10(11)8-12(13)14(16)18-2/h4-8,13H,3,9H2,1-2H3. The van der Waals surface area contributed by atoms with Crippen molar-refractivity contribution in [2.45, 2.75) is 13.3 Å². The van der Waals surface area contributed by atoms with Crippen molar-refractivity contribution in [3.05, 3.63) is 41.0 Å². The molecule has 1 aromatic rings. The first-order valence-electron chi connectivity index (χ1n) is 6.21. The molecule has 100 valence electrons. The summed E-state index contributed by atoms with van der Waals surface area (Å²) in [5, 5.41) is 0. The molecule has 1 aromatic carbocycles. The van der Waals surface area contributed by atoms with Crippen LogP contribution in [0.3, 0.4) is 0 Å². The summed E-state index contributed by atoms with van der Waals surface area (Å²) < 4.78 is 9.78. The quantitative estimate of drug-likeness (QED) is 0.780. The van der Waals surface area contributed by atoms with Crippen molar-refractivity contribution in [3.63, 3.8) is 0 Å². The minimum Gasteiger partial charge on any atom is -0.466 e. The first-order valence-corrected chi connectivity index (χ1v) is 6.21. The molecule has 0 aliphatic heterocycles. The van der Waals surface area contributed by atoms with E-state index in [0.717, 1.165) is 11.1 Å². The summed E-state index contributed by atoms with van der Waals surface area (Å²) in [7, 11) is 1.31. The van der Waals surface area contributed by atoms with Gasteiger partial charge in [0.1, 0.15) is 0 Å². The van der Waals surface area contributed by atoms with Crippen molar-refractivity contribution in [1.29, 1.82) is 0 Å². The summed E-state index contributed by atoms with van der Waals surface area (Å²) in [4.78, 5) is 23.8. The van der Waals surface area contributed by atoms with Gasteiger partial charge in [0.05, 0.1) is 25.2 Å². The van der Waals surface area contributed by atoms with E-state index in [9.17, 15) is 9.59 Å². The molecular formula is C15H16O4. The van der Waals surface area contributed by atoms with Crippen LogP contribution in [0.15, 0.2) is 29.8 Å². The Balaban J connectivity index is 2.40. The molecule has 0 aromatic heterocycles. The second kappa shape index (κ2) is 5.69. The average molecular weight is 260 g/mol. The smallest absolute Gasteiger partial charge is 0.334 e. The Morgan fingerprint density at radius 2 is 2.05 bits per heavy atom. The van der Waals surface area contributed by atoms with Crippen LogP contribution in [0, 0.1) is 5.92 Å². The maximum atomic E-state index is 12.0. The predicted molar refractivity (Wildman–Crippen MR) is 70.3 cm³/mol. The van der Waals surface area contributed by atoms with E-state index in [2.05, 4.69) is 0 Å². The van der Waals surface area contributed by atoms with Gasteiger partial charge in [0.25, 0.3) is 0 Å². The zero-order valence-electron chi connectivity index (χ0n) is 11.0. The third kappa shape index (κ3) is 2.67. The van der Waals surface area contributed by atoms with Crippen LogP contribution in [0.1, 0.15) is 18.1 Å². The number of carbonyl (C=O) groups is 2. The van der Waals surface area contributed by atoms with Gasteiger partial charge in [-0.3, -0.25) is 4.79 Å². The molecule has 0 saturated carbocycles. The molecule has 0 fully saturated rings. The lowest BCUT2D eigenvalue weighted by Crippen LogP contribution is -2.28. The number of carbonyl (C=O) groups excluding carboxylic acids is 2. The topological polar surface area (TPSA) is 52.6 Å². The maximum Gasteiger partial charge on any atom is 0.334 e. The van der Waals surface area contributed by atoms with Crippen molar-refractivity contribution < 1.29 is 19.1 Å². The van der Waals surface area contributed by atoms with Gasteiger partial charge in [0.15, 0.2) is 0 Å². The van der Waals surface area contributed by atoms with Gasteiger partial charge in [-0.15, -0.1) is 0 Å². The summed E-state index contributed by atoms with van der Waals surface area (Å²) >= 11 is 0. The van der Waals surface area contributed by atoms with E-state index >= 15 is 0 Å². The number of benzene rings is 1. The molecule has 0 saturated heterocycles. The van der Waals surface area contributed by atoms with Gasteiger partial charge in [-0.2, -0.15) is 0 Å². The van der Waals surface area contributed by atoms with Gasteiger partial charge in [-0.1, -0.05) is 24.3 Å². The third-order valence-corrected chi connectivity index (χ3v) is 3.16. The lowest BCUT2D eigenvalue weighted by Gasteiger charge is -2.23. The largest absolute Gasteiger partial charge is 0.466 e. The van der Waals surface area contributed by atoms with Crippen LogP contribution in [0.5, 0.6) is 0 Å². The van der Waals surface area contributed by atoms with Crippen LogP contribution in [-0.2, 0) is 25.5 Å². The molecule has 1 atom stereocenters. The number of rotatable bonds is 3. The summed E-state index contributed by atoms with van der Waals surface area (Å²) in [5.74, 6) is -1.44. The Bertz CT molecular complexity index is 531. The second-order valence-electron chi connectivity index (χ2n) is 4.30. The zero-order chi connectivity index (χ0) is 13.8. The monoisotopic (exact) mass is 260 g/mol. The molecule has 4 nitrogen and oxygen atoms in total. The highest BCUT2D eigenvalue weighted by molar-refractivity contribution is 6.01. The van der Waals surface area contributed by atoms with Gasteiger partial charge >= 0.3 is 11.9 Å². The molecule has 0 heterocycles. The molecule has 1 aliphatic carbocycles. The molecule has 1 unspecified atom stereocenters. The Morgan fingerprint density at radius 1 is 1.32 bits per heavy atom. The van der Waals surface area contributed by atoms with Crippen LogP contribution in [-0.4, -0.2) is 25.7 Å². The third-order valence-electron chi connectivity index (χ3n) is 3.16. The van der Waals surface area contributed by atoms with E-state index in [4.69, 9.17) is 9.47 Å². The first kappa shape index (κ1) is 13.3. The molecule has 2 rings (SSSR count). The number of esters is 2. The van der Waals surface area contributed by atoms with Gasteiger partial charge in [-0.25, -0.2) is 4.79 Å². The van der Waals surface area contributed by atoms with E-state index in [0.29, 0.717) is 18.6 Å². The Labute approximate surface area is 112 Å². The summed E-state index contributed by atoms with van der Waals surface area (Å²) in [5.41, 5.74) is 2.34. The van der Waals surface area contributed by atoms with Crippen molar-refractivity contribution in [2.24, 2.45) is 5.92 Å². The number of fused-ring (bicyclic) bond motifs is 1. The van der Waals surface area contributed by atoms with Gasteiger partial charge in [-0.05, 0) is 30.5 Å². The Kier molecular flexibility index (Phi) is 4.00. The number of hydrogen-bond donors (Lipinski definition) is 0. The van der Waals surface area contributed by atoms with E-state index in [-0.39, 0.29) is 5.97 Å². The van der Waals surface area contributed by atoms with Crippen LogP contribution in [0.2, 0.25) is 0 Å². The molecule has 0 spiro atoms. The molecule has 0 N–H and O–H groups in total. The number of ether oxygens (including phenoxy) is 2.